The lowest BCUT2D eigenvalue weighted by atomic mass is 9.33. The molecule has 10 heteroatoms. The van der Waals surface area contributed by atoms with Crippen molar-refractivity contribution in [2.45, 2.75) is 29.7 Å². The Morgan fingerprint density at radius 2 is 1.73 bits per heavy atom. The molecule has 0 amide bonds. The van der Waals surface area contributed by atoms with E-state index in [-0.39, 0.29) is 11.9 Å². The number of benzene rings is 1. The Hall–Kier alpha value is -0.510. The van der Waals surface area contributed by atoms with Gasteiger partial charge < -0.3 is 10.8 Å². The summed E-state index contributed by atoms with van der Waals surface area (Å²) in [5, 5.41) is 9.58. The van der Waals surface area contributed by atoms with Gasteiger partial charge in [-0.2, -0.15) is 11.5 Å². The van der Waals surface area contributed by atoms with Gasteiger partial charge in [-0.05, 0) is 17.2 Å². The van der Waals surface area contributed by atoms with Crippen LogP contribution in [0.5, 0.6) is 0 Å². The van der Waals surface area contributed by atoms with Crippen molar-refractivity contribution < 1.29 is 9.90 Å². The Balaban J connectivity index is 2.44. The van der Waals surface area contributed by atoms with Crippen molar-refractivity contribution in [1.29, 1.82) is 0 Å². The number of nitrogens with two attached hydrogens (primary N) is 1. The molecule has 1 saturated carbocycles. The highest BCUT2D eigenvalue weighted by Gasteiger charge is 2.66. The van der Waals surface area contributed by atoms with E-state index < -0.39 is 16.9 Å². The summed E-state index contributed by atoms with van der Waals surface area (Å²) >= 11 is 6.85. The molecule has 1 aromatic carbocycles. The molecule has 1 fully saturated rings. The number of carbonyl (C=O) groups excluding carboxylic acids is 1. The quantitative estimate of drug-likeness (QED) is 0.468. The minimum atomic E-state index is -1.19. The fourth-order valence-corrected chi connectivity index (χ4v) is 5.08. The monoisotopic (exact) mass is 309 g/mol. The van der Waals surface area contributed by atoms with Crippen LogP contribution in [-0.2, 0) is 10.3 Å². The highest BCUT2D eigenvalue weighted by atomic mass is 35.5. The summed E-state index contributed by atoms with van der Waals surface area (Å²) in [5.74, 6) is -0.281. The van der Waals surface area contributed by atoms with Gasteiger partial charge in [0.2, 0.25) is 0 Å². The van der Waals surface area contributed by atoms with Gasteiger partial charge >= 0.3 is 0 Å². The summed E-state index contributed by atoms with van der Waals surface area (Å²) in [5.41, 5.74) is 11.9. The molecule has 3 rings (SSSR count). The summed E-state index contributed by atoms with van der Waals surface area (Å²) in [6.45, 7) is 0. The molecule has 0 aromatic heterocycles. The van der Waals surface area contributed by atoms with Gasteiger partial charge in [-0.3, -0.25) is 4.79 Å². The number of ketones is 1. The Bertz CT molecular complexity index is 716. The first kappa shape index (κ1) is 16.4. The number of aliphatic hydroxyl groups excluding tert-OH is 1. The third kappa shape index (κ3) is 1.60. The first-order valence-electron chi connectivity index (χ1n) is 7.85. The average molecular weight is 309 g/mol. The maximum atomic E-state index is 12.9. The van der Waals surface area contributed by atoms with Gasteiger partial charge in [0.15, 0.2) is 5.78 Å². The van der Waals surface area contributed by atoms with E-state index in [1.165, 1.54) is 5.46 Å². The largest absolute Gasteiger partial charge is 0.385 e. The number of fused-ring (bicyclic) bond motifs is 3. The summed E-state index contributed by atoms with van der Waals surface area (Å²) in [6.07, 6.45) is -0.214. The van der Waals surface area contributed by atoms with E-state index in [0.717, 1.165) is 27.4 Å². The smallest absolute Gasteiger partial charge is 0.283 e. The third-order valence-corrected chi connectivity index (χ3v) is 7.17. The lowest BCUT2D eigenvalue weighted by Crippen LogP contribution is -2.63. The molecule has 2 aliphatic rings. The van der Waals surface area contributed by atoms with Crippen molar-refractivity contribution in [1.82, 2.24) is 0 Å². The predicted octanol–water partition coefficient (Wildman–Crippen LogP) is -7.62. The molecule has 1 aliphatic carbocycles. The van der Waals surface area contributed by atoms with E-state index in [1.807, 2.05) is 15.7 Å². The maximum absolute atomic E-state index is 12.9. The summed E-state index contributed by atoms with van der Waals surface area (Å²) < 4.78 is 0. The Labute approximate surface area is 141 Å². The van der Waals surface area contributed by atoms with Crippen LogP contribution in [0.15, 0.2) is 0 Å². The van der Waals surface area contributed by atoms with Gasteiger partial charge in [-0.15, -0.1) is 10.9 Å². The molecule has 3 atom stereocenters. The molecule has 3 N–H and O–H groups in total. The number of hydrogen-bond acceptors (Lipinski definition) is 3. The highest BCUT2D eigenvalue weighted by molar-refractivity contribution is 7.20. The molecule has 22 heavy (non-hydrogen) atoms. The molecule has 1 aliphatic heterocycles. The van der Waals surface area contributed by atoms with E-state index in [2.05, 4.69) is 23.5 Å². The SMILES string of the molecule is Bc1c(B)c(B)c2c(c1B)B(Cl)C1(B)CCC(O)C(=O)C21N. The van der Waals surface area contributed by atoms with Crippen LogP contribution < -0.4 is 33.0 Å². The van der Waals surface area contributed by atoms with Crippen molar-refractivity contribution in [2.75, 3.05) is 0 Å². The van der Waals surface area contributed by atoms with Crippen LogP contribution >= 0.6 is 11.5 Å². The average Bonchev–Trinajstić information content (AvgIpc) is 2.67. The minimum Gasteiger partial charge on any atom is -0.385 e. The van der Waals surface area contributed by atoms with E-state index in [9.17, 15) is 9.90 Å². The van der Waals surface area contributed by atoms with Gasteiger partial charge in [-0.1, -0.05) is 22.8 Å². The fraction of sp³-hybridized carbons (Fsp3) is 0.417. The molecular formula is C12H18B6ClNO2. The lowest BCUT2D eigenvalue weighted by Gasteiger charge is -2.47. The zero-order valence-electron chi connectivity index (χ0n) is 13.9. The van der Waals surface area contributed by atoms with E-state index >= 15 is 0 Å². The topological polar surface area (TPSA) is 63.3 Å². The molecular weight excluding hydrogens is 290 g/mol. The van der Waals surface area contributed by atoms with Crippen LogP contribution in [-0.4, -0.2) is 62.4 Å². The van der Waals surface area contributed by atoms with Gasteiger partial charge in [0.05, 0.1) is 5.54 Å². The Morgan fingerprint density at radius 3 is 2.32 bits per heavy atom. The lowest BCUT2D eigenvalue weighted by molar-refractivity contribution is -0.136. The number of rotatable bonds is 0. The Morgan fingerprint density at radius 1 is 1.18 bits per heavy atom. The van der Waals surface area contributed by atoms with Crippen LogP contribution in [0.4, 0.5) is 0 Å². The molecule has 0 radical (unpaired) electrons. The van der Waals surface area contributed by atoms with Crippen LogP contribution in [0.3, 0.4) is 0 Å². The zero-order chi connectivity index (χ0) is 16.6. The molecule has 1 heterocycles. The normalized spacial score (nSPS) is 33.7. The maximum Gasteiger partial charge on any atom is 0.283 e. The molecule has 3 nitrogen and oxygen atoms in total. The van der Waals surface area contributed by atoms with Gasteiger partial charge in [-0.25, -0.2) is 0 Å². The highest BCUT2D eigenvalue weighted by Crippen LogP contribution is 2.55. The Kier molecular flexibility index (Phi) is 3.53. The van der Waals surface area contributed by atoms with Crippen LogP contribution in [0.2, 0.25) is 5.21 Å². The third-order valence-electron chi connectivity index (χ3n) is 6.47. The van der Waals surface area contributed by atoms with Crippen molar-refractivity contribution in [3.63, 3.8) is 0 Å². The first-order valence-corrected chi connectivity index (χ1v) is 8.28. The fourth-order valence-electron chi connectivity index (χ4n) is 4.53. The molecule has 0 bridgehead atoms. The van der Waals surface area contributed by atoms with E-state index in [1.54, 1.807) is 0 Å². The summed E-state index contributed by atoms with van der Waals surface area (Å²) in [4.78, 5) is 12.9. The summed E-state index contributed by atoms with van der Waals surface area (Å²) in [6, 6.07) is 0. The molecule has 3 unspecified atom stereocenters. The number of aliphatic hydroxyl groups is 1. The van der Waals surface area contributed by atoms with Crippen molar-refractivity contribution in [3.8, 4) is 0 Å². The van der Waals surface area contributed by atoms with E-state index in [4.69, 9.17) is 17.2 Å². The number of carbonyl (C=O) groups is 1. The molecule has 0 spiro atoms. The van der Waals surface area contributed by atoms with Gasteiger partial charge in [0.25, 0.3) is 6.13 Å². The van der Waals surface area contributed by atoms with Crippen LogP contribution in [0.1, 0.15) is 18.4 Å². The van der Waals surface area contributed by atoms with Crippen molar-refractivity contribution in [3.05, 3.63) is 5.56 Å². The van der Waals surface area contributed by atoms with Gasteiger partial charge in [0, 0.05) is 0 Å². The van der Waals surface area contributed by atoms with Crippen LogP contribution in [0, 0.1) is 0 Å². The summed E-state index contributed by atoms with van der Waals surface area (Å²) in [7, 11) is 10.2. The molecule has 0 saturated heterocycles. The first-order chi connectivity index (χ1) is 10.1. The number of hydrogen-bond donors (Lipinski definition) is 2. The second-order valence-electron chi connectivity index (χ2n) is 7.30. The second-order valence-corrected chi connectivity index (χ2v) is 7.73. The molecule has 1 aromatic rings. The number of Topliss-reactive ketones (excluding diaryl/α,β-unsaturated/α-hetero) is 1. The number of halogens is 1. The van der Waals surface area contributed by atoms with Gasteiger partial charge in [0.1, 0.15) is 45.3 Å². The second kappa shape index (κ2) is 4.75. The van der Waals surface area contributed by atoms with Crippen molar-refractivity contribution in [2.24, 2.45) is 5.73 Å². The molecule has 108 valence electrons. The van der Waals surface area contributed by atoms with E-state index in [0.29, 0.717) is 12.8 Å². The van der Waals surface area contributed by atoms with Crippen LogP contribution in [0.25, 0.3) is 0 Å². The predicted molar refractivity (Wildman–Crippen MR) is 108 cm³/mol. The standard InChI is InChI=1S/C12H18B6ClNO2/c13-5-4-9(8(16)7(15)6(5)14)18(19)11(17)2-1-3(21)10(22)12(4,11)20/h3,21H,1-2,13-17,20H2. The minimum absolute atomic E-state index is 0.281. The zero-order valence-corrected chi connectivity index (χ0v) is 14.6. The van der Waals surface area contributed by atoms with Crippen molar-refractivity contribution >= 4 is 89.9 Å².